The molecule has 0 saturated heterocycles. The van der Waals surface area contributed by atoms with E-state index in [0.29, 0.717) is 5.41 Å². The van der Waals surface area contributed by atoms with Gasteiger partial charge in [-0.1, -0.05) is 51.3 Å². The van der Waals surface area contributed by atoms with Crippen LogP contribution in [0.5, 0.6) is 0 Å². The highest BCUT2D eigenvalue weighted by Crippen LogP contribution is 2.48. The lowest BCUT2D eigenvalue weighted by Gasteiger charge is -2.29. The lowest BCUT2D eigenvalue weighted by molar-refractivity contribution is -0.512. The van der Waals surface area contributed by atoms with Gasteiger partial charge in [0.2, 0.25) is 5.69 Å². The van der Waals surface area contributed by atoms with Crippen molar-refractivity contribution in [3.8, 4) is 0 Å². The first-order valence-corrected chi connectivity index (χ1v) is 9.27. The number of nitrogens with zero attached hydrogens (tertiary/aromatic N) is 1. The van der Waals surface area contributed by atoms with Gasteiger partial charge in [-0.25, -0.2) is 0 Å². The van der Waals surface area contributed by atoms with Gasteiger partial charge < -0.3 is 0 Å². The Morgan fingerprint density at radius 2 is 1.55 bits per heavy atom. The van der Waals surface area contributed by atoms with Crippen molar-refractivity contribution in [1.29, 1.82) is 0 Å². The lowest BCUT2D eigenvalue weighted by Crippen LogP contribution is -2.31. The van der Waals surface area contributed by atoms with Crippen LogP contribution in [0.1, 0.15) is 77.3 Å². The molecule has 0 N–H and O–H groups in total. The topological polar surface area (TPSA) is 3.01 Å². The Morgan fingerprint density at radius 3 is 2.09 bits per heavy atom. The number of aryl methyl sites for hydroxylation is 2. The van der Waals surface area contributed by atoms with E-state index >= 15 is 0 Å². The Balaban J connectivity index is 2.11. The quantitative estimate of drug-likeness (QED) is 0.633. The molecule has 1 nitrogen and oxygen atoms in total. The fraction of sp³-hybridized carbons (Fsp3) is 0.667. The van der Waals surface area contributed by atoms with Crippen LogP contribution in [0, 0.1) is 5.41 Å². The molecule has 1 aliphatic heterocycles. The van der Waals surface area contributed by atoms with E-state index in [1.54, 1.807) is 0 Å². The molecule has 0 amide bonds. The van der Waals surface area contributed by atoms with Crippen molar-refractivity contribution < 1.29 is 4.58 Å². The highest BCUT2D eigenvalue weighted by Gasteiger charge is 2.51. The Labute approximate surface area is 136 Å². The summed E-state index contributed by atoms with van der Waals surface area (Å²) in [6.07, 6.45) is 13.2. The van der Waals surface area contributed by atoms with E-state index in [4.69, 9.17) is 0 Å². The van der Waals surface area contributed by atoms with Crippen molar-refractivity contribution in [2.24, 2.45) is 5.41 Å². The minimum Gasteiger partial charge on any atom is -0.197 e. The summed E-state index contributed by atoms with van der Waals surface area (Å²) >= 11 is 0. The van der Waals surface area contributed by atoms with Crippen LogP contribution in [0.15, 0.2) is 18.2 Å². The van der Waals surface area contributed by atoms with E-state index in [-0.39, 0.29) is 5.54 Å². The molecule has 0 radical (unpaired) electrons. The maximum Gasteiger partial charge on any atom is 0.211 e. The summed E-state index contributed by atoms with van der Waals surface area (Å²) in [5.74, 6) is 0. The van der Waals surface area contributed by atoms with Crippen molar-refractivity contribution in [2.75, 3.05) is 0 Å². The zero-order chi connectivity index (χ0) is 15.8. The number of hydrogen-bond acceptors (Lipinski definition) is 0. The molecule has 1 spiro atoms. The standard InChI is InChI=1S/C21H32N/c1-5-17-11-10-12-18(6-2)19(17)22-16-21(15-20(22,3)4)13-8-7-9-14-21/h10-12,16H,5-9,13-15H2,1-4H3/q+1. The highest BCUT2D eigenvalue weighted by molar-refractivity contribution is 5.67. The molecule has 0 atom stereocenters. The lowest BCUT2D eigenvalue weighted by atomic mass is 9.71. The maximum atomic E-state index is 2.66. The second-order valence-corrected chi connectivity index (χ2v) is 8.04. The predicted octanol–water partition coefficient (Wildman–Crippen LogP) is 5.66. The summed E-state index contributed by atoms with van der Waals surface area (Å²) in [4.78, 5) is 0. The van der Waals surface area contributed by atoms with Gasteiger partial charge in [0.15, 0.2) is 11.8 Å². The van der Waals surface area contributed by atoms with E-state index in [0.717, 1.165) is 12.8 Å². The SMILES string of the molecule is CCc1cccc(CC)c1[N+]1=CC2(CCCCC2)CC1(C)C. The largest absolute Gasteiger partial charge is 0.211 e. The molecule has 1 fully saturated rings. The third kappa shape index (κ3) is 2.64. The minimum atomic E-state index is 0.243. The van der Waals surface area contributed by atoms with E-state index in [9.17, 15) is 0 Å². The van der Waals surface area contributed by atoms with E-state index in [1.165, 1.54) is 55.3 Å². The Bertz CT molecular complexity index is 551. The Morgan fingerprint density at radius 1 is 0.955 bits per heavy atom. The van der Waals surface area contributed by atoms with E-state index < -0.39 is 0 Å². The van der Waals surface area contributed by atoms with Crippen molar-refractivity contribution in [3.63, 3.8) is 0 Å². The third-order valence-corrected chi connectivity index (χ3v) is 5.89. The van der Waals surface area contributed by atoms with Crippen LogP contribution in [0.25, 0.3) is 0 Å². The first-order valence-electron chi connectivity index (χ1n) is 9.27. The number of hydrogen-bond donors (Lipinski definition) is 0. The van der Waals surface area contributed by atoms with Crippen LogP contribution >= 0.6 is 0 Å². The predicted molar refractivity (Wildman–Crippen MR) is 95.4 cm³/mol. The van der Waals surface area contributed by atoms with Crippen LogP contribution in [-0.4, -0.2) is 16.3 Å². The molecule has 1 heterocycles. The van der Waals surface area contributed by atoms with Gasteiger partial charge in [0.05, 0.1) is 5.41 Å². The monoisotopic (exact) mass is 298 g/mol. The summed E-state index contributed by atoms with van der Waals surface area (Å²) in [6, 6.07) is 6.88. The first kappa shape index (κ1) is 15.8. The summed E-state index contributed by atoms with van der Waals surface area (Å²) in [5.41, 5.74) is 5.24. The molecule has 1 heteroatoms. The molecule has 1 aromatic carbocycles. The van der Waals surface area contributed by atoms with Gasteiger partial charge in [0, 0.05) is 31.4 Å². The van der Waals surface area contributed by atoms with Gasteiger partial charge >= 0.3 is 0 Å². The summed E-state index contributed by atoms with van der Waals surface area (Å²) < 4.78 is 2.66. The smallest absolute Gasteiger partial charge is 0.197 e. The minimum absolute atomic E-state index is 0.243. The molecule has 1 aromatic rings. The maximum absolute atomic E-state index is 2.66. The summed E-state index contributed by atoms with van der Waals surface area (Å²) in [6.45, 7) is 9.47. The second kappa shape index (κ2) is 5.83. The Kier molecular flexibility index (Phi) is 4.18. The van der Waals surface area contributed by atoms with Gasteiger partial charge in [-0.05, 0) is 25.7 Å². The molecule has 2 aliphatic rings. The molecular weight excluding hydrogens is 266 g/mol. The third-order valence-electron chi connectivity index (χ3n) is 5.89. The van der Waals surface area contributed by atoms with Crippen molar-refractivity contribution in [2.45, 2.75) is 84.6 Å². The first-order chi connectivity index (χ1) is 10.5. The average Bonchev–Trinajstić information content (AvgIpc) is 2.77. The van der Waals surface area contributed by atoms with Crippen LogP contribution < -0.4 is 0 Å². The normalized spacial score (nSPS) is 22.8. The molecule has 3 rings (SSSR count). The zero-order valence-corrected chi connectivity index (χ0v) is 14.9. The van der Waals surface area contributed by atoms with Gasteiger partial charge in [-0.3, -0.25) is 0 Å². The van der Waals surface area contributed by atoms with Gasteiger partial charge in [0.1, 0.15) is 0 Å². The molecular formula is C21H32N+. The van der Waals surface area contributed by atoms with Crippen molar-refractivity contribution in [1.82, 2.24) is 0 Å². The molecule has 120 valence electrons. The molecule has 1 saturated carbocycles. The highest BCUT2D eigenvalue weighted by atomic mass is 15.1. The van der Waals surface area contributed by atoms with Gasteiger partial charge in [0.25, 0.3) is 0 Å². The molecule has 1 aliphatic carbocycles. The van der Waals surface area contributed by atoms with Crippen LogP contribution in [0.4, 0.5) is 5.69 Å². The van der Waals surface area contributed by atoms with Gasteiger partial charge in [-0.2, -0.15) is 4.58 Å². The summed E-state index contributed by atoms with van der Waals surface area (Å²) in [7, 11) is 0. The van der Waals surface area contributed by atoms with Crippen LogP contribution in [0.2, 0.25) is 0 Å². The Hall–Kier alpha value is -1.11. The molecule has 0 bridgehead atoms. The van der Waals surface area contributed by atoms with Crippen LogP contribution in [-0.2, 0) is 12.8 Å². The number of rotatable bonds is 3. The fourth-order valence-corrected chi connectivity index (χ4v) is 4.89. The van der Waals surface area contributed by atoms with E-state index in [1.807, 2.05) is 0 Å². The number of para-hydroxylation sites is 1. The summed E-state index contributed by atoms with van der Waals surface area (Å²) in [5, 5.41) is 0. The van der Waals surface area contributed by atoms with Gasteiger partial charge in [-0.15, -0.1) is 0 Å². The van der Waals surface area contributed by atoms with Crippen LogP contribution in [0.3, 0.4) is 0 Å². The molecule has 0 aromatic heterocycles. The van der Waals surface area contributed by atoms with Crippen molar-refractivity contribution >= 4 is 11.9 Å². The fourth-order valence-electron chi connectivity index (χ4n) is 4.89. The zero-order valence-electron chi connectivity index (χ0n) is 14.9. The van der Waals surface area contributed by atoms with Crippen molar-refractivity contribution in [3.05, 3.63) is 29.3 Å². The van der Waals surface area contributed by atoms with E-state index in [2.05, 4.69) is 56.7 Å². The number of benzene rings is 1. The molecule has 22 heavy (non-hydrogen) atoms. The molecule has 0 unspecified atom stereocenters. The average molecular weight is 298 g/mol. The second-order valence-electron chi connectivity index (χ2n) is 8.04.